The van der Waals surface area contributed by atoms with Crippen LogP contribution in [0.4, 0.5) is 5.69 Å². The minimum atomic E-state index is 0.00280. The van der Waals surface area contributed by atoms with Gasteiger partial charge < -0.3 is 10.3 Å². The molecule has 1 aliphatic heterocycles. The highest BCUT2D eigenvalue weighted by molar-refractivity contribution is 6.31. The lowest BCUT2D eigenvalue weighted by Gasteiger charge is -2.30. The first-order valence-corrected chi connectivity index (χ1v) is 10.1. The summed E-state index contributed by atoms with van der Waals surface area (Å²) in [5.74, 6) is 1.49. The third kappa shape index (κ3) is 4.05. The van der Waals surface area contributed by atoms with Crippen molar-refractivity contribution in [1.29, 1.82) is 0 Å². The number of anilines is 1. The van der Waals surface area contributed by atoms with Gasteiger partial charge in [0.1, 0.15) is 5.82 Å². The quantitative estimate of drug-likeness (QED) is 0.674. The Morgan fingerprint density at radius 1 is 1.25 bits per heavy atom. The number of nitrogens with one attached hydrogen (secondary N) is 2. The van der Waals surface area contributed by atoms with Crippen molar-refractivity contribution < 1.29 is 4.79 Å². The molecular weight excluding hydrogens is 372 g/mol. The van der Waals surface area contributed by atoms with Crippen molar-refractivity contribution >= 4 is 34.2 Å². The van der Waals surface area contributed by atoms with E-state index >= 15 is 0 Å². The Bertz CT molecular complexity index is 1000. The number of likely N-dealkylation sites (tertiary alicyclic amines) is 1. The number of carbonyl (C=O) groups excluding carboxylic acids is 1. The topological polar surface area (TPSA) is 61.0 Å². The number of piperidine rings is 1. The van der Waals surface area contributed by atoms with Crippen molar-refractivity contribution in [3.63, 3.8) is 0 Å². The molecule has 3 aromatic rings. The van der Waals surface area contributed by atoms with E-state index in [1.165, 1.54) is 5.56 Å². The van der Waals surface area contributed by atoms with Gasteiger partial charge >= 0.3 is 0 Å². The third-order valence-corrected chi connectivity index (χ3v) is 5.95. The summed E-state index contributed by atoms with van der Waals surface area (Å²) in [4.78, 5) is 22.9. The van der Waals surface area contributed by atoms with E-state index in [0.29, 0.717) is 17.5 Å². The zero-order chi connectivity index (χ0) is 19.7. The molecule has 2 heterocycles. The van der Waals surface area contributed by atoms with Crippen molar-refractivity contribution in [2.24, 2.45) is 0 Å². The Morgan fingerprint density at radius 3 is 2.82 bits per heavy atom. The highest BCUT2D eigenvalue weighted by Crippen LogP contribution is 2.28. The molecule has 4 rings (SSSR count). The average molecular weight is 397 g/mol. The number of aromatic nitrogens is 2. The molecule has 0 unspecified atom stereocenters. The van der Waals surface area contributed by atoms with Crippen LogP contribution in [0.25, 0.3) is 11.0 Å². The third-order valence-electron chi connectivity index (χ3n) is 5.54. The first-order chi connectivity index (χ1) is 13.5. The minimum Gasteiger partial charge on any atom is -0.342 e. The number of halogens is 1. The second-order valence-corrected chi connectivity index (χ2v) is 8.06. The molecule has 0 aliphatic carbocycles. The fourth-order valence-corrected chi connectivity index (χ4v) is 4.01. The number of carbonyl (C=O) groups is 1. The highest BCUT2D eigenvalue weighted by Gasteiger charge is 2.24. The van der Waals surface area contributed by atoms with Gasteiger partial charge in [0.05, 0.1) is 17.6 Å². The van der Waals surface area contributed by atoms with E-state index in [-0.39, 0.29) is 5.91 Å². The van der Waals surface area contributed by atoms with E-state index in [0.717, 1.165) is 54.0 Å². The molecule has 2 N–H and O–H groups in total. The maximum Gasteiger partial charge on any atom is 0.238 e. The number of fused-ring (bicyclic) bond motifs is 1. The van der Waals surface area contributed by atoms with E-state index in [2.05, 4.69) is 40.3 Å². The molecule has 1 fully saturated rings. The smallest absolute Gasteiger partial charge is 0.238 e. The zero-order valence-corrected chi connectivity index (χ0v) is 17.0. The predicted molar refractivity (Wildman–Crippen MR) is 114 cm³/mol. The molecule has 6 heteroatoms. The van der Waals surface area contributed by atoms with Crippen LogP contribution in [-0.4, -0.2) is 40.4 Å². The van der Waals surface area contributed by atoms with Crippen LogP contribution in [0.2, 0.25) is 5.02 Å². The highest BCUT2D eigenvalue weighted by atomic mass is 35.5. The van der Waals surface area contributed by atoms with Gasteiger partial charge in [-0.3, -0.25) is 9.69 Å². The van der Waals surface area contributed by atoms with Gasteiger partial charge in [0.25, 0.3) is 0 Å². The van der Waals surface area contributed by atoms with Crippen molar-refractivity contribution in [1.82, 2.24) is 14.9 Å². The standard InChI is InChI=1S/C22H25ClN4O/c1-14-6-7-19-20(12-14)26-22(25-19)16-8-10-27(11-9-16)13-21(28)24-18-5-3-4-17(23)15(18)2/h3-7,12,16H,8-11,13H2,1-2H3,(H,24,28)(H,25,26). The van der Waals surface area contributed by atoms with Crippen LogP contribution in [0.5, 0.6) is 0 Å². The first-order valence-electron chi connectivity index (χ1n) is 9.73. The minimum absolute atomic E-state index is 0.00280. The zero-order valence-electron chi connectivity index (χ0n) is 16.3. The van der Waals surface area contributed by atoms with E-state index in [1.807, 2.05) is 25.1 Å². The second-order valence-electron chi connectivity index (χ2n) is 7.65. The lowest BCUT2D eigenvalue weighted by Crippen LogP contribution is -2.39. The first kappa shape index (κ1) is 19.0. The van der Waals surface area contributed by atoms with Gasteiger partial charge in [-0.05, 0) is 75.2 Å². The van der Waals surface area contributed by atoms with Gasteiger partial charge in [-0.2, -0.15) is 0 Å². The SMILES string of the molecule is Cc1ccc2nc(C3CCN(CC(=O)Nc4cccc(Cl)c4C)CC3)[nH]c2c1. The normalized spacial score (nSPS) is 15.8. The maximum absolute atomic E-state index is 12.4. The molecule has 0 bridgehead atoms. The Kier molecular flexibility index (Phi) is 5.38. The summed E-state index contributed by atoms with van der Waals surface area (Å²) in [6.45, 7) is 6.19. The van der Waals surface area contributed by atoms with Crippen molar-refractivity contribution in [3.05, 3.63) is 58.4 Å². The van der Waals surface area contributed by atoms with E-state index in [4.69, 9.17) is 16.6 Å². The molecule has 1 amide bonds. The molecule has 5 nitrogen and oxygen atoms in total. The lowest BCUT2D eigenvalue weighted by atomic mass is 9.96. The van der Waals surface area contributed by atoms with Crippen molar-refractivity contribution in [2.75, 3.05) is 25.0 Å². The van der Waals surface area contributed by atoms with Gasteiger partial charge in [0.15, 0.2) is 0 Å². The summed E-state index contributed by atoms with van der Waals surface area (Å²) < 4.78 is 0. The van der Waals surface area contributed by atoms with Gasteiger partial charge in [-0.15, -0.1) is 0 Å². The Morgan fingerprint density at radius 2 is 2.04 bits per heavy atom. The predicted octanol–water partition coefficient (Wildman–Crippen LogP) is 4.65. The van der Waals surface area contributed by atoms with Crippen LogP contribution < -0.4 is 5.32 Å². The van der Waals surface area contributed by atoms with Crippen LogP contribution in [0.3, 0.4) is 0 Å². The molecule has 28 heavy (non-hydrogen) atoms. The molecule has 0 spiro atoms. The number of aromatic amines is 1. The summed E-state index contributed by atoms with van der Waals surface area (Å²) in [7, 11) is 0. The summed E-state index contributed by atoms with van der Waals surface area (Å²) in [5, 5.41) is 3.65. The summed E-state index contributed by atoms with van der Waals surface area (Å²) >= 11 is 6.13. The van der Waals surface area contributed by atoms with Crippen molar-refractivity contribution in [2.45, 2.75) is 32.6 Å². The van der Waals surface area contributed by atoms with Gasteiger partial charge in [-0.25, -0.2) is 4.98 Å². The van der Waals surface area contributed by atoms with E-state index in [1.54, 1.807) is 0 Å². The molecule has 2 aromatic carbocycles. The molecular formula is C22H25ClN4O. The fraction of sp³-hybridized carbons (Fsp3) is 0.364. The monoisotopic (exact) mass is 396 g/mol. The number of H-pyrrole nitrogens is 1. The number of amides is 1. The van der Waals surface area contributed by atoms with Crippen LogP contribution >= 0.6 is 11.6 Å². The summed E-state index contributed by atoms with van der Waals surface area (Å²) in [6, 6.07) is 11.9. The summed E-state index contributed by atoms with van der Waals surface area (Å²) in [5.41, 5.74) is 5.05. The Balaban J connectivity index is 1.33. The number of aryl methyl sites for hydroxylation is 1. The maximum atomic E-state index is 12.4. The second kappa shape index (κ2) is 7.94. The Labute approximate surface area is 170 Å². The van der Waals surface area contributed by atoms with Gasteiger partial charge in [-0.1, -0.05) is 23.7 Å². The van der Waals surface area contributed by atoms with E-state index < -0.39 is 0 Å². The largest absolute Gasteiger partial charge is 0.342 e. The molecule has 1 aromatic heterocycles. The molecule has 146 valence electrons. The van der Waals surface area contributed by atoms with Crippen molar-refractivity contribution in [3.8, 4) is 0 Å². The van der Waals surface area contributed by atoms with Crippen LogP contribution in [0.1, 0.15) is 35.7 Å². The van der Waals surface area contributed by atoms with Gasteiger partial charge in [0, 0.05) is 16.6 Å². The molecule has 1 saturated heterocycles. The number of imidazole rings is 1. The van der Waals surface area contributed by atoms with Crippen LogP contribution in [-0.2, 0) is 4.79 Å². The number of rotatable bonds is 4. The lowest BCUT2D eigenvalue weighted by molar-refractivity contribution is -0.117. The Hall–Kier alpha value is -2.37. The summed E-state index contributed by atoms with van der Waals surface area (Å²) in [6.07, 6.45) is 2.00. The number of nitrogens with zero attached hydrogens (tertiary/aromatic N) is 2. The average Bonchev–Trinajstić information content (AvgIpc) is 3.09. The molecule has 0 atom stereocenters. The number of benzene rings is 2. The molecule has 0 radical (unpaired) electrons. The van der Waals surface area contributed by atoms with E-state index in [9.17, 15) is 4.79 Å². The fourth-order valence-electron chi connectivity index (χ4n) is 3.84. The molecule has 1 aliphatic rings. The molecule has 0 saturated carbocycles. The van der Waals surface area contributed by atoms with Gasteiger partial charge in [0.2, 0.25) is 5.91 Å². The number of hydrogen-bond acceptors (Lipinski definition) is 3. The van der Waals surface area contributed by atoms with Crippen LogP contribution in [0, 0.1) is 13.8 Å². The van der Waals surface area contributed by atoms with Crippen LogP contribution in [0.15, 0.2) is 36.4 Å². The number of hydrogen-bond donors (Lipinski definition) is 2.